The number of esters is 1. The first-order chi connectivity index (χ1) is 12.0. The molecule has 2 rings (SSSR count). The summed E-state index contributed by atoms with van der Waals surface area (Å²) in [4.78, 5) is 12.7. The molecule has 0 aliphatic carbocycles. The molecule has 5 heteroatoms. The van der Waals surface area contributed by atoms with Gasteiger partial charge in [0.25, 0.3) is 0 Å². The fraction of sp³-hybridized carbons (Fsp3) is 0.450. The average molecular weight is 347 g/mol. The number of allylic oxidation sites excluding steroid dienone is 3. The predicted octanol–water partition coefficient (Wildman–Crippen LogP) is 4.05. The van der Waals surface area contributed by atoms with E-state index in [4.69, 9.17) is 9.47 Å². The lowest BCUT2D eigenvalue weighted by Gasteiger charge is -2.32. The number of halogens is 1. The van der Waals surface area contributed by atoms with Crippen LogP contribution in [0, 0.1) is 5.82 Å². The van der Waals surface area contributed by atoms with Gasteiger partial charge in [0.05, 0.1) is 12.2 Å². The monoisotopic (exact) mass is 347 g/mol. The molecule has 1 unspecified atom stereocenters. The number of carbonyl (C=O) groups is 1. The standard InChI is InChI=1S/C20H26FNO3/c1-5-8-15-13(2)22-14(3)18(20(23)25-12-11-24-4)19(15)16-9-6-7-10-17(16)21/h6-7,9-10,19,22H,5,8,11-12H2,1-4H3. The Balaban J connectivity index is 2.48. The summed E-state index contributed by atoms with van der Waals surface area (Å²) in [6, 6.07) is 6.62. The highest BCUT2D eigenvalue weighted by molar-refractivity contribution is 5.92. The topological polar surface area (TPSA) is 47.6 Å². The minimum atomic E-state index is -0.434. The van der Waals surface area contributed by atoms with Gasteiger partial charge in [-0.15, -0.1) is 0 Å². The zero-order valence-electron chi connectivity index (χ0n) is 15.3. The van der Waals surface area contributed by atoms with E-state index in [1.807, 2.05) is 13.8 Å². The Morgan fingerprint density at radius 1 is 1.20 bits per heavy atom. The van der Waals surface area contributed by atoms with Gasteiger partial charge in [-0.2, -0.15) is 0 Å². The van der Waals surface area contributed by atoms with Crippen LogP contribution in [0.25, 0.3) is 0 Å². The van der Waals surface area contributed by atoms with Gasteiger partial charge < -0.3 is 14.8 Å². The van der Waals surface area contributed by atoms with Crippen LogP contribution in [0.4, 0.5) is 4.39 Å². The van der Waals surface area contributed by atoms with E-state index in [0.717, 1.165) is 24.1 Å². The molecule has 1 aliphatic rings. The number of ether oxygens (including phenoxy) is 2. The van der Waals surface area contributed by atoms with Crippen LogP contribution in [-0.4, -0.2) is 26.3 Å². The summed E-state index contributed by atoms with van der Waals surface area (Å²) in [6.07, 6.45) is 1.68. The number of rotatable bonds is 7. The number of dihydropyridines is 1. The molecule has 0 fully saturated rings. The van der Waals surface area contributed by atoms with E-state index in [9.17, 15) is 9.18 Å². The van der Waals surface area contributed by atoms with Gasteiger partial charge in [0.2, 0.25) is 0 Å². The third-order valence-corrected chi connectivity index (χ3v) is 4.37. The molecule has 136 valence electrons. The number of nitrogens with one attached hydrogen (secondary N) is 1. The van der Waals surface area contributed by atoms with Crippen molar-refractivity contribution in [2.75, 3.05) is 20.3 Å². The van der Waals surface area contributed by atoms with Gasteiger partial charge in [-0.1, -0.05) is 31.5 Å². The van der Waals surface area contributed by atoms with Crippen LogP contribution in [0.3, 0.4) is 0 Å². The molecular formula is C20H26FNO3. The largest absolute Gasteiger partial charge is 0.460 e. The fourth-order valence-electron chi connectivity index (χ4n) is 3.26. The molecule has 0 bridgehead atoms. The maximum absolute atomic E-state index is 14.5. The van der Waals surface area contributed by atoms with Crippen LogP contribution in [0.15, 0.2) is 46.8 Å². The molecule has 0 aromatic heterocycles. The van der Waals surface area contributed by atoms with Gasteiger partial charge in [-0.3, -0.25) is 0 Å². The SMILES string of the molecule is CCCC1=C(C)NC(C)=C(C(=O)OCCOC)C1c1ccccc1F. The maximum Gasteiger partial charge on any atom is 0.336 e. The smallest absolute Gasteiger partial charge is 0.336 e. The number of carbonyl (C=O) groups excluding carboxylic acids is 1. The van der Waals surface area contributed by atoms with Gasteiger partial charge in [0.15, 0.2) is 0 Å². The van der Waals surface area contributed by atoms with Gasteiger partial charge in [-0.25, -0.2) is 9.18 Å². The van der Waals surface area contributed by atoms with Crippen molar-refractivity contribution in [1.82, 2.24) is 5.32 Å². The molecule has 1 atom stereocenters. The molecule has 0 saturated carbocycles. The molecule has 0 spiro atoms. The first-order valence-corrected chi connectivity index (χ1v) is 8.59. The third-order valence-electron chi connectivity index (χ3n) is 4.37. The van der Waals surface area contributed by atoms with E-state index in [2.05, 4.69) is 12.2 Å². The van der Waals surface area contributed by atoms with Crippen LogP contribution in [0.1, 0.15) is 45.1 Å². The van der Waals surface area contributed by atoms with Crippen molar-refractivity contribution < 1.29 is 18.7 Å². The van der Waals surface area contributed by atoms with Crippen LogP contribution >= 0.6 is 0 Å². The molecule has 1 aliphatic heterocycles. The lowest BCUT2D eigenvalue weighted by Crippen LogP contribution is -2.30. The quantitative estimate of drug-likeness (QED) is 0.597. The molecule has 0 radical (unpaired) electrons. The molecule has 1 N–H and O–H groups in total. The second kappa shape index (κ2) is 8.81. The Kier molecular flexibility index (Phi) is 6.76. The number of methoxy groups -OCH3 is 1. The zero-order chi connectivity index (χ0) is 18.4. The summed E-state index contributed by atoms with van der Waals surface area (Å²) in [7, 11) is 1.55. The van der Waals surface area contributed by atoms with Crippen molar-refractivity contribution >= 4 is 5.97 Å². The average Bonchev–Trinajstić information content (AvgIpc) is 2.57. The van der Waals surface area contributed by atoms with E-state index < -0.39 is 11.9 Å². The Morgan fingerprint density at radius 2 is 1.92 bits per heavy atom. The second-order valence-electron chi connectivity index (χ2n) is 6.15. The van der Waals surface area contributed by atoms with Crippen LogP contribution < -0.4 is 5.32 Å². The van der Waals surface area contributed by atoms with Gasteiger partial charge in [0.1, 0.15) is 12.4 Å². The molecule has 0 amide bonds. The fourth-order valence-corrected chi connectivity index (χ4v) is 3.26. The van der Waals surface area contributed by atoms with Crippen LogP contribution in [-0.2, 0) is 14.3 Å². The van der Waals surface area contributed by atoms with Gasteiger partial charge in [-0.05, 0) is 37.5 Å². The van der Waals surface area contributed by atoms with Crippen molar-refractivity contribution in [3.05, 3.63) is 58.2 Å². The van der Waals surface area contributed by atoms with Crippen molar-refractivity contribution in [2.24, 2.45) is 0 Å². The van der Waals surface area contributed by atoms with Gasteiger partial charge in [0, 0.05) is 24.4 Å². The van der Waals surface area contributed by atoms with E-state index in [1.54, 1.807) is 25.3 Å². The molecule has 4 nitrogen and oxygen atoms in total. The highest BCUT2D eigenvalue weighted by atomic mass is 19.1. The molecule has 25 heavy (non-hydrogen) atoms. The van der Waals surface area contributed by atoms with E-state index in [-0.39, 0.29) is 12.4 Å². The Hall–Kier alpha value is -2.14. The normalized spacial score (nSPS) is 17.6. The maximum atomic E-state index is 14.5. The second-order valence-corrected chi connectivity index (χ2v) is 6.15. The van der Waals surface area contributed by atoms with Crippen LogP contribution in [0.2, 0.25) is 0 Å². The Bertz CT molecular complexity index is 694. The summed E-state index contributed by atoms with van der Waals surface area (Å²) < 4.78 is 24.8. The molecular weight excluding hydrogens is 321 g/mol. The molecule has 1 aromatic rings. The summed E-state index contributed by atoms with van der Waals surface area (Å²) in [6.45, 7) is 6.36. The Labute approximate surface area is 148 Å². The Morgan fingerprint density at radius 3 is 2.56 bits per heavy atom. The highest BCUT2D eigenvalue weighted by Crippen LogP contribution is 2.41. The van der Waals surface area contributed by atoms with Crippen molar-refractivity contribution in [2.45, 2.75) is 39.5 Å². The predicted molar refractivity (Wildman–Crippen MR) is 95.4 cm³/mol. The van der Waals surface area contributed by atoms with Crippen LogP contribution in [0.5, 0.6) is 0 Å². The summed E-state index contributed by atoms with van der Waals surface area (Å²) in [5.41, 5.74) is 3.67. The number of hydrogen-bond acceptors (Lipinski definition) is 4. The minimum Gasteiger partial charge on any atom is -0.460 e. The highest BCUT2D eigenvalue weighted by Gasteiger charge is 2.34. The number of hydrogen-bond donors (Lipinski definition) is 1. The van der Waals surface area contributed by atoms with Crippen molar-refractivity contribution in [3.63, 3.8) is 0 Å². The zero-order valence-corrected chi connectivity index (χ0v) is 15.3. The van der Waals surface area contributed by atoms with Crippen molar-refractivity contribution in [1.29, 1.82) is 0 Å². The van der Waals surface area contributed by atoms with Crippen molar-refractivity contribution in [3.8, 4) is 0 Å². The van der Waals surface area contributed by atoms with E-state index >= 15 is 0 Å². The summed E-state index contributed by atoms with van der Waals surface area (Å²) in [5.74, 6) is -1.18. The van der Waals surface area contributed by atoms with Gasteiger partial charge >= 0.3 is 5.97 Å². The lowest BCUT2D eigenvalue weighted by molar-refractivity contribution is -0.140. The summed E-state index contributed by atoms with van der Waals surface area (Å²) >= 11 is 0. The van der Waals surface area contributed by atoms with E-state index in [1.165, 1.54) is 6.07 Å². The third kappa shape index (κ3) is 4.28. The first-order valence-electron chi connectivity index (χ1n) is 8.59. The number of benzene rings is 1. The first kappa shape index (κ1) is 19.2. The summed E-state index contributed by atoms with van der Waals surface area (Å²) in [5, 5.41) is 3.26. The minimum absolute atomic E-state index is 0.169. The molecule has 0 saturated heterocycles. The molecule has 1 heterocycles. The molecule has 1 aromatic carbocycles. The lowest BCUT2D eigenvalue weighted by atomic mass is 9.78. The van der Waals surface area contributed by atoms with E-state index in [0.29, 0.717) is 23.4 Å².